The first-order chi connectivity index (χ1) is 14.6. The van der Waals surface area contributed by atoms with Crippen LogP contribution in [0, 0.1) is 13.8 Å². The van der Waals surface area contributed by atoms with Gasteiger partial charge in [0.15, 0.2) is 5.82 Å². The number of aromatic nitrogens is 5. The first kappa shape index (κ1) is 19.7. The molecule has 0 aliphatic rings. The molecule has 0 unspecified atom stereocenters. The van der Waals surface area contributed by atoms with Crippen molar-refractivity contribution < 1.29 is 9.47 Å². The van der Waals surface area contributed by atoms with Gasteiger partial charge >= 0.3 is 0 Å². The van der Waals surface area contributed by atoms with Gasteiger partial charge in [0.1, 0.15) is 5.75 Å². The van der Waals surface area contributed by atoms with Gasteiger partial charge in [-0.25, -0.2) is 5.10 Å². The third-order valence-corrected chi connectivity index (χ3v) is 5.12. The molecule has 152 valence electrons. The van der Waals surface area contributed by atoms with E-state index in [-0.39, 0.29) is 0 Å². The van der Waals surface area contributed by atoms with E-state index >= 15 is 0 Å². The maximum atomic E-state index is 5.75. The summed E-state index contributed by atoms with van der Waals surface area (Å²) in [6, 6.07) is 16.4. The fraction of sp³-hybridized carbons (Fsp3) is 0.217. The van der Waals surface area contributed by atoms with E-state index in [4.69, 9.17) is 9.47 Å². The van der Waals surface area contributed by atoms with Crippen LogP contribution in [-0.4, -0.2) is 39.8 Å². The summed E-state index contributed by atoms with van der Waals surface area (Å²) in [5.41, 5.74) is 7.72. The molecule has 0 radical (unpaired) electrons. The lowest BCUT2D eigenvalue weighted by Gasteiger charge is -2.19. The number of nitrogens with one attached hydrogen (secondary N) is 1. The highest BCUT2D eigenvalue weighted by Crippen LogP contribution is 2.40. The molecule has 0 saturated carbocycles. The average Bonchev–Trinajstić information content (AvgIpc) is 3.30. The van der Waals surface area contributed by atoms with Crippen LogP contribution in [0.4, 0.5) is 0 Å². The van der Waals surface area contributed by atoms with Crippen molar-refractivity contribution >= 4 is 0 Å². The van der Waals surface area contributed by atoms with Crippen LogP contribution in [0.1, 0.15) is 17.0 Å². The predicted octanol–water partition coefficient (Wildman–Crippen LogP) is 4.37. The van der Waals surface area contributed by atoms with Crippen LogP contribution in [0.2, 0.25) is 0 Å². The number of H-pyrrole nitrogens is 1. The molecule has 0 bridgehead atoms. The zero-order valence-electron chi connectivity index (χ0n) is 17.4. The minimum atomic E-state index is 0.435. The van der Waals surface area contributed by atoms with E-state index < -0.39 is 0 Å². The van der Waals surface area contributed by atoms with E-state index in [2.05, 4.69) is 55.9 Å². The number of methoxy groups -OCH3 is 2. The molecule has 4 rings (SSSR count). The highest BCUT2D eigenvalue weighted by Gasteiger charge is 2.20. The third-order valence-electron chi connectivity index (χ3n) is 5.12. The second kappa shape index (κ2) is 8.42. The molecular weight excluding hydrogens is 378 g/mol. The summed E-state index contributed by atoms with van der Waals surface area (Å²) >= 11 is 0. The van der Waals surface area contributed by atoms with Gasteiger partial charge in [-0.2, -0.15) is 0 Å². The van der Waals surface area contributed by atoms with Crippen molar-refractivity contribution in [3.8, 4) is 39.4 Å². The number of hydrogen-bond acceptors (Lipinski definition) is 6. The second-order valence-corrected chi connectivity index (χ2v) is 6.98. The Morgan fingerprint density at radius 3 is 2.37 bits per heavy atom. The van der Waals surface area contributed by atoms with Gasteiger partial charge in [-0.15, -0.1) is 5.10 Å². The number of rotatable bonds is 6. The number of pyridine rings is 1. The number of aromatic amines is 1. The van der Waals surface area contributed by atoms with Crippen molar-refractivity contribution in [3.63, 3.8) is 0 Å². The first-order valence-electron chi connectivity index (χ1n) is 9.61. The van der Waals surface area contributed by atoms with Crippen molar-refractivity contribution in [1.29, 1.82) is 0 Å². The van der Waals surface area contributed by atoms with Crippen LogP contribution < -0.4 is 4.74 Å². The van der Waals surface area contributed by atoms with Crippen molar-refractivity contribution in [2.75, 3.05) is 14.2 Å². The predicted molar refractivity (Wildman–Crippen MR) is 115 cm³/mol. The van der Waals surface area contributed by atoms with Crippen molar-refractivity contribution in [2.24, 2.45) is 0 Å². The monoisotopic (exact) mass is 401 g/mol. The fourth-order valence-electron chi connectivity index (χ4n) is 3.78. The smallest absolute Gasteiger partial charge is 0.180 e. The van der Waals surface area contributed by atoms with Gasteiger partial charge in [0.05, 0.1) is 19.4 Å². The van der Waals surface area contributed by atoms with Gasteiger partial charge in [-0.1, -0.05) is 42.5 Å². The van der Waals surface area contributed by atoms with Gasteiger partial charge in [0.2, 0.25) is 0 Å². The lowest BCUT2D eigenvalue weighted by Crippen LogP contribution is -2.04. The maximum absolute atomic E-state index is 5.75. The summed E-state index contributed by atoms with van der Waals surface area (Å²) < 4.78 is 11.2. The Labute approximate surface area is 175 Å². The van der Waals surface area contributed by atoms with E-state index in [0.717, 1.165) is 50.5 Å². The molecule has 7 nitrogen and oxygen atoms in total. The molecule has 0 fully saturated rings. The third kappa shape index (κ3) is 3.55. The van der Waals surface area contributed by atoms with E-state index in [9.17, 15) is 0 Å². The summed E-state index contributed by atoms with van der Waals surface area (Å²) in [5, 5.41) is 14.6. The molecule has 1 N–H and O–H groups in total. The first-order valence-corrected chi connectivity index (χ1v) is 9.61. The quantitative estimate of drug-likeness (QED) is 0.516. The zero-order valence-corrected chi connectivity index (χ0v) is 17.4. The van der Waals surface area contributed by atoms with Crippen molar-refractivity contribution in [3.05, 3.63) is 65.5 Å². The molecule has 0 aliphatic carbocycles. The average molecular weight is 401 g/mol. The van der Waals surface area contributed by atoms with E-state index in [1.54, 1.807) is 14.2 Å². The topological polar surface area (TPSA) is 85.8 Å². The number of hydrogen-bond donors (Lipinski definition) is 1. The second-order valence-electron chi connectivity index (χ2n) is 6.98. The van der Waals surface area contributed by atoms with Gasteiger partial charge in [-0.3, -0.25) is 4.98 Å². The molecule has 0 aliphatic heterocycles. The van der Waals surface area contributed by atoms with Gasteiger partial charge < -0.3 is 9.47 Å². The van der Waals surface area contributed by atoms with E-state index in [1.807, 2.05) is 32.0 Å². The van der Waals surface area contributed by atoms with Crippen LogP contribution in [0.3, 0.4) is 0 Å². The minimum Gasteiger partial charge on any atom is -0.494 e. The molecule has 0 atom stereocenters. The molecule has 4 aromatic rings. The largest absolute Gasteiger partial charge is 0.494 e. The fourth-order valence-corrected chi connectivity index (χ4v) is 3.78. The molecule has 0 spiro atoms. The molecule has 30 heavy (non-hydrogen) atoms. The molecule has 2 heterocycles. The van der Waals surface area contributed by atoms with E-state index in [1.165, 1.54) is 0 Å². The van der Waals surface area contributed by atoms with Crippen molar-refractivity contribution in [1.82, 2.24) is 25.6 Å². The maximum Gasteiger partial charge on any atom is 0.180 e. The van der Waals surface area contributed by atoms with Crippen LogP contribution >= 0.6 is 0 Å². The number of tetrazole rings is 1. The highest BCUT2D eigenvalue weighted by atomic mass is 16.5. The highest BCUT2D eigenvalue weighted by molar-refractivity contribution is 5.86. The molecular formula is C23H23N5O2. The summed E-state index contributed by atoms with van der Waals surface area (Å²) in [5.74, 6) is 1.34. The standard InChI is InChI=1S/C23H23N5O2/c1-14-20(13-29-3)21(22(30-4)15(2)24-14)17-10-11-18(16-8-6-5-7-9-16)19(12-17)23-25-27-28-26-23/h5-12H,13H2,1-4H3,(H,25,26,27,28). The zero-order chi connectivity index (χ0) is 21.1. The van der Waals surface area contributed by atoms with Gasteiger partial charge in [-0.05, 0) is 47.0 Å². The summed E-state index contributed by atoms with van der Waals surface area (Å²) in [6.07, 6.45) is 0. The molecule has 0 amide bonds. The molecule has 2 aromatic heterocycles. The molecule has 0 saturated heterocycles. The Bertz CT molecular complexity index is 1160. The lowest BCUT2D eigenvalue weighted by atomic mass is 9.91. The van der Waals surface area contributed by atoms with E-state index in [0.29, 0.717) is 12.4 Å². The SMILES string of the molecule is COCc1c(C)nc(C)c(OC)c1-c1ccc(-c2ccccc2)c(-c2nnn[nH]2)c1. The normalized spacial score (nSPS) is 10.9. The lowest BCUT2D eigenvalue weighted by molar-refractivity contribution is 0.184. The summed E-state index contributed by atoms with van der Waals surface area (Å²) in [7, 11) is 3.35. The number of nitrogens with zero attached hydrogens (tertiary/aromatic N) is 4. The van der Waals surface area contributed by atoms with Gasteiger partial charge in [0, 0.05) is 29.5 Å². The molecule has 7 heteroatoms. The van der Waals surface area contributed by atoms with Crippen LogP contribution in [0.5, 0.6) is 5.75 Å². The minimum absolute atomic E-state index is 0.435. The van der Waals surface area contributed by atoms with Gasteiger partial charge in [0.25, 0.3) is 0 Å². The Kier molecular flexibility index (Phi) is 5.54. The Balaban J connectivity index is 1.99. The Morgan fingerprint density at radius 1 is 0.900 bits per heavy atom. The Morgan fingerprint density at radius 2 is 1.70 bits per heavy atom. The molecule has 2 aromatic carbocycles. The number of ether oxygens (including phenoxy) is 2. The summed E-state index contributed by atoms with van der Waals surface area (Å²) in [4.78, 5) is 4.64. The van der Waals surface area contributed by atoms with Crippen LogP contribution in [0.25, 0.3) is 33.6 Å². The summed E-state index contributed by atoms with van der Waals surface area (Å²) in [6.45, 7) is 4.37. The van der Waals surface area contributed by atoms with Crippen LogP contribution in [-0.2, 0) is 11.3 Å². The van der Waals surface area contributed by atoms with Crippen molar-refractivity contribution in [2.45, 2.75) is 20.5 Å². The Hall–Kier alpha value is -3.58. The number of benzene rings is 2. The number of aryl methyl sites for hydroxylation is 2. The van der Waals surface area contributed by atoms with Crippen LogP contribution in [0.15, 0.2) is 48.5 Å².